The Morgan fingerprint density at radius 1 is 1.53 bits per heavy atom. The predicted octanol–water partition coefficient (Wildman–Crippen LogP) is 3.01. The van der Waals surface area contributed by atoms with Crippen LogP contribution >= 0.6 is 0 Å². The molecule has 0 fully saturated rings. The van der Waals surface area contributed by atoms with Crippen molar-refractivity contribution < 1.29 is 4.42 Å². The van der Waals surface area contributed by atoms with Crippen molar-refractivity contribution in [3.63, 3.8) is 0 Å². The summed E-state index contributed by atoms with van der Waals surface area (Å²) in [6, 6.07) is 10.5. The molecular weight excluding hydrogens is 244 g/mol. The molecule has 0 aliphatic heterocycles. The lowest BCUT2D eigenvalue weighted by molar-refractivity contribution is 0.558. The van der Waals surface area contributed by atoms with E-state index in [1.807, 2.05) is 12.1 Å². The minimum atomic E-state index is -0.562. The lowest BCUT2D eigenvalue weighted by Gasteiger charge is -2.03. The number of allylic oxidation sites excluding steroid dienone is 1. The average molecular weight is 252 g/mol. The van der Waals surface area contributed by atoms with Crippen LogP contribution in [0, 0.1) is 11.3 Å². The molecule has 0 unspecified atom stereocenters. The first-order valence-corrected chi connectivity index (χ1v) is 5.39. The van der Waals surface area contributed by atoms with Gasteiger partial charge in [-0.05, 0) is 23.2 Å². The highest BCUT2D eigenvalue weighted by atomic mass is 16.4. The number of azide groups is 1. The molecule has 0 saturated carbocycles. The van der Waals surface area contributed by atoms with Gasteiger partial charge < -0.3 is 4.42 Å². The summed E-state index contributed by atoms with van der Waals surface area (Å²) in [7, 11) is 0. The zero-order valence-corrected chi connectivity index (χ0v) is 9.78. The van der Waals surface area contributed by atoms with Crippen LogP contribution in [-0.2, 0) is 0 Å². The van der Waals surface area contributed by atoms with Crippen molar-refractivity contribution >= 4 is 16.5 Å². The van der Waals surface area contributed by atoms with Gasteiger partial charge in [0.1, 0.15) is 5.58 Å². The second-order valence-corrected chi connectivity index (χ2v) is 3.67. The fourth-order valence-corrected chi connectivity index (χ4v) is 1.68. The fourth-order valence-electron chi connectivity index (χ4n) is 1.68. The Bertz CT molecular complexity index is 792. The normalized spacial score (nSPS) is 10.8. The van der Waals surface area contributed by atoms with Crippen molar-refractivity contribution in [2.45, 2.75) is 0 Å². The second kappa shape index (κ2) is 5.54. The number of rotatable bonds is 3. The summed E-state index contributed by atoms with van der Waals surface area (Å²) in [5.74, 6) is 0. The average Bonchev–Trinajstić information content (AvgIpc) is 2.43. The third-order valence-corrected chi connectivity index (χ3v) is 2.53. The van der Waals surface area contributed by atoms with Crippen LogP contribution in [0.5, 0.6) is 0 Å². The van der Waals surface area contributed by atoms with E-state index in [0.717, 1.165) is 5.39 Å². The SMILES string of the molecule is N#C/C=C(/CN=[N+]=[N-])c1cc2ccccc2oc1=O. The van der Waals surface area contributed by atoms with Crippen molar-refractivity contribution in [1.29, 1.82) is 5.26 Å². The zero-order valence-electron chi connectivity index (χ0n) is 9.78. The number of fused-ring (bicyclic) bond motifs is 1. The van der Waals surface area contributed by atoms with Gasteiger partial charge in [-0.1, -0.05) is 23.3 Å². The summed E-state index contributed by atoms with van der Waals surface area (Å²) in [5, 5.41) is 12.8. The largest absolute Gasteiger partial charge is 0.422 e. The number of benzene rings is 1. The van der Waals surface area contributed by atoms with Crippen LogP contribution in [-0.4, -0.2) is 6.54 Å². The monoisotopic (exact) mass is 252 g/mol. The summed E-state index contributed by atoms with van der Waals surface area (Å²) < 4.78 is 5.16. The van der Waals surface area contributed by atoms with E-state index in [-0.39, 0.29) is 12.1 Å². The number of hydrogen-bond donors (Lipinski definition) is 0. The second-order valence-electron chi connectivity index (χ2n) is 3.67. The number of para-hydroxylation sites is 1. The third kappa shape index (κ3) is 2.63. The molecule has 0 aliphatic carbocycles. The van der Waals surface area contributed by atoms with Crippen molar-refractivity contribution in [1.82, 2.24) is 0 Å². The molecule has 0 atom stereocenters. The van der Waals surface area contributed by atoms with E-state index >= 15 is 0 Å². The first-order valence-electron chi connectivity index (χ1n) is 5.39. The Labute approximate surface area is 107 Å². The van der Waals surface area contributed by atoms with Crippen LogP contribution in [0.3, 0.4) is 0 Å². The number of hydrogen-bond acceptors (Lipinski definition) is 4. The first kappa shape index (κ1) is 12.4. The van der Waals surface area contributed by atoms with Crippen molar-refractivity contribution in [3.8, 4) is 6.07 Å². The standard InChI is InChI=1S/C13H8N4O2/c14-6-5-10(8-16-17-15)11-7-9-3-1-2-4-12(9)19-13(11)18/h1-5,7H,8H2/b10-5-. The van der Waals surface area contributed by atoms with Gasteiger partial charge in [-0.15, -0.1) is 0 Å². The van der Waals surface area contributed by atoms with Gasteiger partial charge in [0.05, 0.1) is 18.2 Å². The molecule has 19 heavy (non-hydrogen) atoms. The molecule has 92 valence electrons. The molecule has 0 saturated heterocycles. The van der Waals surface area contributed by atoms with E-state index in [9.17, 15) is 4.79 Å². The molecule has 0 aliphatic rings. The first-order chi connectivity index (χ1) is 9.26. The van der Waals surface area contributed by atoms with Crippen LogP contribution in [0.15, 0.2) is 50.7 Å². The molecule has 0 spiro atoms. The highest BCUT2D eigenvalue weighted by Gasteiger charge is 2.09. The molecule has 1 aromatic heterocycles. The molecule has 0 bridgehead atoms. The minimum absolute atomic E-state index is 0.0762. The number of nitriles is 1. The van der Waals surface area contributed by atoms with Gasteiger partial charge in [0.25, 0.3) is 0 Å². The predicted molar refractivity (Wildman–Crippen MR) is 70.1 cm³/mol. The molecule has 0 radical (unpaired) electrons. The van der Waals surface area contributed by atoms with Gasteiger partial charge in [-0.3, -0.25) is 0 Å². The van der Waals surface area contributed by atoms with Gasteiger partial charge in [0.15, 0.2) is 0 Å². The number of nitrogens with zero attached hydrogens (tertiary/aromatic N) is 4. The van der Waals surface area contributed by atoms with E-state index in [2.05, 4.69) is 10.0 Å². The highest BCUT2D eigenvalue weighted by Crippen LogP contribution is 2.18. The van der Waals surface area contributed by atoms with Crippen molar-refractivity contribution in [2.75, 3.05) is 6.54 Å². The molecule has 6 heteroatoms. The molecular formula is C13H8N4O2. The lowest BCUT2D eigenvalue weighted by Crippen LogP contribution is -2.07. The van der Waals surface area contributed by atoms with Crippen molar-refractivity contribution in [3.05, 3.63) is 62.8 Å². The summed E-state index contributed by atoms with van der Waals surface area (Å²) >= 11 is 0. The van der Waals surface area contributed by atoms with E-state index in [0.29, 0.717) is 11.2 Å². The van der Waals surface area contributed by atoms with Crippen LogP contribution in [0.1, 0.15) is 5.56 Å². The van der Waals surface area contributed by atoms with Gasteiger partial charge in [0.2, 0.25) is 0 Å². The van der Waals surface area contributed by atoms with Gasteiger partial charge in [-0.2, -0.15) is 5.26 Å². The fraction of sp³-hybridized carbons (Fsp3) is 0.0769. The van der Waals surface area contributed by atoms with Crippen LogP contribution in [0.4, 0.5) is 0 Å². The van der Waals surface area contributed by atoms with Crippen LogP contribution in [0.25, 0.3) is 27.0 Å². The molecule has 1 heterocycles. The molecule has 6 nitrogen and oxygen atoms in total. The topological polar surface area (TPSA) is 103 Å². The Kier molecular flexibility index (Phi) is 3.62. The third-order valence-electron chi connectivity index (χ3n) is 2.53. The maximum atomic E-state index is 11.9. The van der Waals surface area contributed by atoms with E-state index in [4.69, 9.17) is 15.2 Å². The Balaban J connectivity index is 2.63. The Hall–Kier alpha value is -3.03. The maximum absolute atomic E-state index is 11.9. The Morgan fingerprint density at radius 2 is 2.32 bits per heavy atom. The zero-order chi connectivity index (χ0) is 13.7. The lowest BCUT2D eigenvalue weighted by atomic mass is 10.1. The van der Waals surface area contributed by atoms with E-state index < -0.39 is 5.63 Å². The summed E-state index contributed by atoms with van der Waals surface area (Å²) in [6.45, 7) is -0.0762. The van der Waals surface area contributed by atoms with Crippen molar-refractivity contribution in [2.24, 2.45) is 5.11 Å². The van der Waals surface area contributed by atoms with Gasteiger partial charge in [0, 0.05) is 16.4 Å². The quantitative estimate of drug-likeness (QED) is 0.275. The van der Waals surface area contributed by atoms with Crippen LogP contribution < -0.4 is 5.63 Å². The van der Waals surface area contributed by atoms with E-state index in [1.165, 1.54) is 6.08 Å². The summed E-state index contributed by atoms with van der Waals surface area (Å²) in [4.78, 5) is 14.5. The highest BCUT2D eigenvalue weighted by molar-refractivity contribution is 5.81. The maximum Gasteiger partial charge on any atom is 0.343 e. The van der Waals surface area contributed by atoms with Gasteiger partial charge >= 0.3 is 5.63 Å². The molecule has 1 aromatic carbocycles. The molecule has 2 rings (SSSR count). The minimum Gasteiger partial charge on any atom is -0.422 e. The van der Waals surface area contributed by atoms with E-state index in [1.54, 1.807) is 24.3 Å². The molecule has 2 aromatic rings. The van der Waals surface area contributed by atoms with Crippen LogP contribution in [0.2, 0.25) is 0 Å². The Morgan fingerprint density at radius 3 is 3.05 bits per heavy atom. The molecule has 0 N–H and O–H groups in total. The molecule has 0 amide bonds. The van der Waals surface area contributed by atoms with Gasteiger partial charge in [-0.25, -0.2) is 4.79 Å². The summed E-state index contributed by atoms with van der Waals surface area (Å²) in [5.41, 5.74) is 8.79. The summed E-state index contributed by atoms with van der Waals surface area (Å²) in [6.07, 6.45) is 1.18. The smallest absolute Gasteiger partial charge is 0.343 e.